The standard InChI is InChI=1S/C17H17NO4/c19-11-13-7-8-16(22-13)14-5-1-2-6-15(14)17(20)18-10-12-4-3-9-21-12/h1-2,5-8,11-12H,3-4,9-10H2,(H,18,20). The van der Waals surface area contributed by atoms with Gasteiger partial charge in [0.2, 0.25) is 0 Å². The molecule has 1 saturated heterocycles. The van der Waals surface area contributed by atoms with Gasteiger partial charge in [-0.2, -0.15) is 0 Å². The monoisotopic (exact) mass is 299 g/mol. The van der Waals surface area contributed by atoms with E-state index in [4.69, 9.17) is 9.15 Å². The number of amides is 1. The van der Waals surface area contributed by atoms with Gasteiger partial charge in [0, 0.05) is 18.7 Å². The number of benzene rings is 1. The van der Waals surface area contributed by atoms with E-state index >= 15 is 0 Å². The molecule has 5 nitrogen and oxygen atoms in total. The minimum atomic E-state index is -0.171. The van der Waals surface area contributed by atoms with Crippen molar-refractivity contribution in [1.82, 2.24) is 5.32 Å². The van der Waals surface area contributed by atoms with Gasteiger partial charge in [-0.1, -0.05) is 18.2 Å². The molecular weight excluding hydrogens is 282 g/mol. The summed E-state index contributed by atoms with van der Waals surface area (Å²) in [6.45, 7) is 1.27. The van der Waals surface area contributed by atoms with E-state index in [-0.39, 0.29) is 17.8 Å². The number of furan rings is 1. The van der Waals surface area contributed by atoms with E-state index in [9.17, 15) is 9.59 Å². The van der Waals surface area contributed by atoms with Gasteiger partial charge in [0.1, 0.15) is 5.76 Å². The first-order valence-electron chi connectivity index (χ1n) is 7.32. The fourth-order valence-electron chi connectivity index (χ4n) is 2.56. The number of hydrogen-bond donors (Lipinski definition) is 1. The van der Waals surface area contributed by atoms with Gasteiger partial charge in [-0.3, -0.25) is 9.59 Å². The minimum absolute atomic E-state index is 0.0985. The van der Waals surface area contributed by atoms with Crippen LogP contribution in [0.25, 0.3) is 11.3 Å². The second-order valence-corrected chi connectivity index (χ2v) is 5.21. The van der Waals surface area contributed by atoms with Crippen LogP contribution in [0.3, 0.4) is 0 Å². The summed E-state index contributed by atoms with van der Waals surface area (Å²) >= 11 is 0. The first kappa shape index (κ1) is 14.5. The van der Waals surface area contributed by atoms with E-state index in [0.29, 0.717) is 29.7 Å². The summed E-state index contributed by atoms with van der Waals surface area (Å²) in [4.78, 5) is 23.1. The lowest BCUT2D eigenvalue weighted by Crippen LogP contribution is -2.32. The third-order valence-corrected chi connectivity index (χ3v) is 3.69. The maximum absolute atomic E-state index is 12.4. The molecule has 1 aliphatic heterocycles. The molecule has 0 saturated carbocycles. The number of carbonyl (C=O) groups excluding carboxylic acids is 2. The van der Waals surface area contributed by atoms with Crippen LogP contribution in [-0.4, -0.2) is 31.4 Å². The van der Waals surface area contributed by atoms with Gasteiger partial charge in [0.15, 0.2) is 12.0 Å². The van der Waals surface area contributed by atoms with Gasteiger partial charge in [0.05, 0.1) is 11.7 Å². The Morgan fingerprint density at radius 1 is 1.27 bits per heavy atom. The summed E-state index contributed by atoms with van der Waals surface area (Å²) < 4.78 is 10.9. The molecule has 0 spiro atoms. The number of carbonyl (C=O) groups is 2. The van der Waals surface area contributed by atoms with Crippen LogP contribution in [0.5, 0.6) is 0 Å². The van der Waals surface area contributed by atoms with Gasteiger partial charge in [-0.25, -0.2) is 0 Å². The fraction of sp³-hybridized carbons (Fsp3) is 0.294. The molecule has 114 valence electrons. The van der Waals surface area contributed by atoms with E-state index < -0.39 is 0 Å². The Bertz CT molecular complexity index is 671. The third-order valence-electron chi connectivity index (χ3n) is 3.69. The quantitative estimate of drug-likeness (QED) is 0.862. The second-order valence-electron chi connectivity index (χ2n) is 5.21. The average molecular weight is 299 g/mol. The van der Waals surface area contributed by atoms with Gasteiger partial charge in [-0.15, -0.1) is 0 Å². The minimum Gasteiger partial charge on any atom is -0.453 e. The first-order valence-corrected chi connectivity index (χ1v) is 7.32. The normalized spacial score (nSPS) is 17.4. The molecule has 22 heavy (non-hydrogen) atoms. The molecule has 1 fully saturated rings. The summed E-state index contributed by atoms with van der Waals surface area (Å²) in [6.07, 6.45) is 2.76. The zero-order valence-electron chi connectivity index (χ0n) is 12.1. The molecule has 1 aromatic carbocycles. The topological polar surface area (TPSA) is 68.5 Å². The highest BCUT2D eigenvalue weighted by molar-refractivity contribution is 6.00. The van der Waals surface area contributed by atoms with E-state index in [1.807, 2.05) is 6.07 Å². The number of hydrogen-bond acceptors (Lipinski definition) is 4. The highest BCUT2D eigenvalue weighted by atomic mass is 16.5. The summed E-state index contributed by atoms with van der Waals surface area (Å²) in [5.41, 5.74) is 1.19. The fourth-order valence-corrected chi connectivity index (χ4v) is 2.56. The zero-order chi connectivity index (χ0) is 15.4. The SMILES string of the molecule is O=Cc1ccc(-c2ccccc2C(=O)NCC2CCCO2)o1. The average Bonchev–Trinajstić information content (AvgIpc) is 3.24. The summed E-state index contributed by atoms with van der Waals surface area (Å²) in [5.74, 6) is 0.574. The molecule has 0 radical (unpaired) electrons. The Morgan fingerprint density at radius 3 is 2.86 bits per heavy atom. The van der Waals surface area contributed by atoms with Crippen molar-refractivity contribution in [3.8, 4) is 11.3 Å². The van der Waals surface area contributed by atoms with Gasteiger partial charge in [0.25, 0.3) is 5.91 Å². The Morgan fingerprint density at radius 2 is 2.14 bits per heavy atom. The highest BCUT2D eigenvalue weighted by Gasteiger charge is 2.19. The van der Waals surface area contributed by atoms with Crippen LogP contribution in [-0.2, 0) is 4.74 Å². The lowest BCUT2D eigenvalue weighted by atomic mass is 10.0. The molecule has 2 heterocycles. The summed E-state index contributed by atoms with van der Waals surface area (Å²) in [6, 6.07) is 10.4. The summed E-state index contributed by atoms with van der Waals surface area (Å²) in [7, 11) is 0. The van der Waals surface area contributed by atoms with E-state index in [1.165, 1.54) is 0 Å². The van der Waals surface area contributed by atoms with Gasteiger partial charge < -0.3 is 14.5 Å². The van der Waals surface area contributed by atoms with Crippen LogP contribution >= 0.6 is 0 Å². The molecule has 2 aromatic rings. The van der Waals surface area contributed by atoms with Crippen molar-refractivity contribution >= 4 is 12.2 Å². The number of ether oxygens (including phenoxy) is 1. The Balaban J connectivity index is 1.77. The molecule has 1 amide bonds. The van der Waals surface area contributed by atoms with Crippen LogP contribution in [0, 0.1) is 0 Å². The molecule has 1 aromatic heterocycles. The number of aldehydes is 1. The predicted octanol–water partition coefficient (Wildman–Crippen LogP) is 2.67. The number of nitrogens with one attached hydrogen (secondary N) is 1. The van der Waals surface area contributed by atoms with Crippen molar-refractivity contribution in [2.45, 2.75) is 18.9 Å². The maximum Gasteiger partial charge on any atom is 0.252 e. The molecule has 5 heteroatoms. The lowest BCUT2D eigenvalue weighted by Gasteiger charge is -2.12. The molecule has 1 N–H and O–H groups in total. The molecule has 1 unspecified atom stereocenters. The van der Waals surface area contributed by atoms with Crippen LogP contribution in [0.1, 0.15) is 33.8 Å². The molecule has 0 bridgehead atoms. The molecular formula is C17H17NO4. The molecule has 1 aliphatic rings. The largest absolute Gasteiger partial charge is 0.453 e. The number of rotatable bonds is 5. The van der Waals surface area contributed by atoms with E-state index in [2.05, 4.69) is 5.32 Å². The van der Waals surface area contributed by atoms with Crippen molar-refractivity contribution in [2.75, 3.05) is 13.2 Å². The lowest BCUT2D eigenvalue weighted by molar-refractivity contribution is 0.0858. The second kappa shape index (κ2) is 6.58. The Labute approximate surface area is 128 Å². The molecule has 3 rings (SSSR count). The van der Waals surface area contributed by atoms with Crippen molar-refractivity contribution in [1.29, 1.82) is 0 Å². The zero-order valence-corrected chi connectivity index (χ0v) is 12.1. The van der Waals surface area contributed by atoms with Crippen molar-refractivity contribution in [2.24, 2.45) is 0 Å². The first-order chi connectivity index (χ1) is 10.8. The molecule has 0 aliphatic carbocycles. The smallest absolute Gasteiger partial charge is 0.252 e. The molecule has 1 atom stereocenters. The predicted molar refractivity (Wildman–Crippen MR) is 80.8 cm³/mol. The van der Waals surface area contributed by atoms with Crippen molar-refractivity contribution in [3.63, 3.8) is 0 Å². The van der Waals surface area contributed by atoms with Gasteiger partial charge >= 0.3 is 0 Å². The van der Waals surface area contributed by atoms with Crippen LogP contribution < -0.4 is 5.32 Å². The van der Waals surface area contributed by atoms with Gasteiger partial charge in [-0.05, 0) is 31.0 Å². The Hall–Kier alpha value is -2.40. The van der Waals surface area contributed by atoms with Crippen LogP contribution in [0.2, 0.25) is 0 Å². The van der Waals surface area contributed by atoms with Crippen LogP contribution in [0.4, 0.5) is 0 Å². The van der Waals surface area contributed by atoms with Crippen LogP contribution in [0.15, 0.2) is 40.8 Å². The highest BCUT2D eigenvalue weighted by Crippen LogP contribution is 2.25. The van der Waals surface area contributed by atoms with Crippen molar-refractivity contribution in [3.05, 3.63) is 47.7 Å². The Kier molecular flexibility index (Phi) is 4.34. The van der Waals surface area contributed by atoms with Crippen molar-refractivity contribution < 1.29 is 18.7 Å². The maximum atomic E-state index is 12.4. The summed E-state index contributed by atoms with van der Waals surface area (Å²) in [5, 5.41) is 2.90. The van der Waals surface area contributed by atoms with E-state index in [1.54, 1.807) is 30.3 Å². The third kappa shape index (κ3) is 3.09. The van der Waals surface area contributed by atoms with E-state index in [0.717, 1.165) is 19.4 Å².